The lowest BCUT2D eigenvalue weighted by atomic mass is 10.3. The Bertz CT molecular complexity index is 631. The Hall–Kier alpha value is -2.57. The second kappa shape index (κ2) is 3.23. The van der Waals surface area contributed by atoms with E-state index in [0.29, 0.717) is 22.8 Å². The van der Waals surface area contributed by atoms with Gasteiger partial charge in [-0.3, -0.25) is 0 Å². The highest BCUT2D eigenvalue weighted by Crippen LogP contribution is 2.19. The Morgan fingerprint density at radius 2 is 1.88 bits per heavy atom. The van der Waals surface area contributed by atoms with Crippen molar-refractivity contribution >= 4 is 17.0 Å². The quantitative estimate of drug-likeness (QED) is 0.605. The van der Waals surface area contributed by atoms with Crippen LogP contribution in [0.3, 0.4) is 0 Å². The first-order chi connectivity index (χ1) is 7.84. The standard InChI is InChI=1S/C9H7N7/c10-7-6-9(14-4-13-7)16-8(15-6)5-1-11-3-12-2-5/h1-4H,(H3,10,13,14,15,16). The molecular formula is C9H7N7. The molecule has 16 heavy (non-hydrogen) atoms. The van der Waals surface area contributed by atoms with Gasteiger partial charge in [0, 0.05) is 12.4 Å². The number of aromatic nitrogens is 6. The fourth-order valence-electron chi connectivity index (χ4n) is 1.40. The molecule has 3 aromatic heterocycles. The monoisotopic (exact) mass is 213 g/mol. The van der Waals surface area contributed by atoms with Crippen molar-refractivity contribution in [2.45, 2.75) is 0 Å². The molecule has 3 heterocycles. The normalized spacial score (nSPS) is 10.8. The lowest BCUT2D eigenvalue weighted by Crippen LogP contribution is -1.91. The van der Waals surface area contributed by atoms with Crippen molar-refractivity contribution in [3.63, 3.8) is 0 Å². The van der Waals surface area contributed by atoms with E-state index in [2.05, 4.69) is 29.9 Å². The van der Waals surface area contributed by atoms with Crippen molar-refractivity contribution in [3.05, 3.63) is 25.0 Å². The summed E-state index contributed by atoms with van der Waals surface area (Å²) in [5.74, 6) is 1.00. The number of hydrogen-bond donors (Lipinski definition) is 2. The second-order valence-corrected chi connectivity index (χ2v) is 3.17. The molecule has 0 fully saturated rings. The van der Waals surface area contributed by atoms with E-state index >= 15 is 0 Å². The molecule has 0 aliphatic rings. The molecule has 3 rings (SSSR count). The summed E-state index contributed by atoms with van der Waals surface area (Å²) in [6.45, 7) is 0. The molecule has 0 saturated carbocycles. The highest BCUT2D eigenvalue weighted by molar-refractivity contribution is 5.83. The maximum absolute atomic E-state index is 5.69. The van der Waals surface area contributed by atoms with Gasteiger partial charge in [0.25, 0.3) is 0 Å². The number of nitrogens with two attached hydrogens (primary N) is 1. The maximum Gasteiger partial charge on any atom is 0.183 e. The van der Waals surface area contributed by atoms with E-state index in [9.17, 15) is 0 Å². The molecule has 0 amide bonds. The number of fused-ring (bicyclic) bond motifs is 1. The smallest absolute Gasteiger partial charge is 0.183 e. The summed E-state index contributed by atoms with van der Waals surface area (Å²) in [4.78, 5) is 23.0. The first-order valence-corrected chi connectivity index (χ1v) is 4.56. The van der Waals surface area contributed by atoms with Gasteiger partial charge < -0.3 is 10.7 Å². The van der Waals surface area contributed by atoms with Gasteiger partial charge in [0.2, 0.25) is 0 Å². The van der Waals surface area contributed by atoms with Crippen molar-refractivity contribution < 1.29 is 0 Å². The van der Waals surface area contributed by atoms with Gasteiger partial charge in [0.15, 0.2) is 11.5 Å². The summed E-state index contributed by atoms with van der Waals surface area (Å²) in [6, 6.07) is 0. The molecule has 0 unspecified atom stereocenters. The van der Waals surface area contributed by atoms with Crippen LogP contribution in [0.2, 0.25) is 0 Å². The predicted molar refractivity (Wildman–Crippen MR) is 57.1 cm³/mol. The fourth-order valence-corrected chi connectivity index (χ4v) is 1.40. The molecule has 3 N–H and O–H groups in total. The zero-order valence-electron chi connectivity index (χ0n) is 8.12. The number of nitrogens with one attached hydrogen (secondary N) is 1. The van der Waals surface area contributed by atoms with Gasteiger partial charge in [-0.25, -0.2) is 24.9 Å². The number of imidazole rings is 1. The number of aromatic amines is 1. The predicted octanol–water partition coefficient (Wildman–Crippen LogP) is 0.392. The SMILES string of the molecule is Nc1ncnc2nc(-c3cncnc3)[nH]c12. The molecule has 0 aromatic carbocycles. The van der Waals surface area contributed by atoms with Crippen LogP contribution < -0.4 is 5.73 Å². The molecule has 0 bridgehead atoms. The van der Waals surface area contributed by atoms with E-state index in [0.717, 1.165) is 5.56 Å². The Kier molecular flexibility index (Phi) is 1.76. The van der Waals surface area contributed by atoms with Crippen LogP contribution in [0.5, 0.6) is 0 Å². The molecule has 0 saturated heterocycles. The summed E-state index contributed by atoms with van der Waals surface area (Å²) in [7, 11) is 0. The molecule has 7 heteroatoms. The van der Waals surface area contributed by atoms with Crippen LogP contribution >= 0.6 is 0 Å². The highest BCUT2D eigenvalue weighted by Gasteiger charge is 2.08. The van der Waals surface area contributed by atoms with Crippen molar-refractivity contribution in [2.24, 2.45) is 0 Å². The van der Waals surface area contributed by atoms with Crippen LogP contribution in [0.15, 0.2) is 25.0 Å². The van der Waals surface area contributed by atoms with E-state index in [-0.39, 0.29) is 0 Å². The molecule has 0 spiro atoms. The number of anilines is 1. The average Bonchev–Trinajstić information content (AvgIpc) is 2.76. The first-order valence-electron chi connectivity index (χ1n) is 4.56. The number of nitrogens with zero attached hydrogens (tertiary/aromatic N) is 5. The second-order valence-electron chi connectivity index (χ2n) is 3.17. The van der Waals surface area contributed by atoms with Gasteiger partial charge in [-0.05, 0) is 0 Å². The van der Waals surface area contributed by atoms with E-state index in [1.54, 1.807) is 12.4 Å². The summed E-state index contributed by atoms with van der Waals surface area (Å²) in [5.41, 5.74) is 7.63. The topological polar surface area (TPSA) is 106 Å². The molecule has 0 aliphatic carbocycles. The van der Waals surface area contributed by atoms with Crippen LogP contribution in [0, 0.1) is 0 Å². The van der Waals surface area contributed by atoms with E-state index in [4.69, 9.17) is 5.73 Å². The van der Waals surface area contributed by atoms with Crippen molar-refractivity contribution in [1.29, 1.82) is 0 Å². The maximum atomic E-state index is 5.69. The summed E-state index contributed by atoms with van der Waals surface area (Å²) in [6.07, 6.45) is 6.16. The molecule has 0 radical (unpaired) electrons. The molecular weight excluding hydrogens is 206 g/mol. The number of rotatable bonds is 1. The van der Waals surface area contributed by atoms with Gasteiger partial charge in [0.1, 0.15) is 24.0 Å². The molecule has 7 nitrogen and oxygen atoms in total. The molecule has 0 aliphatic heterocycles. The van der Waals surface area contributed by atoms with Crippen LogP contribution in [-0.4, -0.2) is 29.9 Å². The number of nitrogen functional groups attached to an aromatic ring is 1. The Labute approximate surface area is 89.8 Å². The third-order valence-electron chi connectivity index (χ3n) is 2.15. The zero-order valence-corrected chi connectivity index (χ0v) is 8.12. The van der Waals surface area contributed by atoms with Gasteiger partial charge in [0.05, 0.1) is 5.56 Å². The summed E-state index contributed by atoms with van der Waals surface area (Å²) in [5, 5.41) is 0. The van der Waals surface area contributed by atoms with Gasteiger partial charge in [-0.15, -0.1) is 0 Å². The highest BCUT2D eigenvalue weighted by atomic mass is 15.0. The minimum Gasteiger partial charge on any atom is -0.382 e. The minimum atomic E-state index is 0.376. The fraction of sp³-hybridized carbons (Fsp3) is 0. The minimum absolute atomic E-state index is 0.376. The van der Waals surface area contributed by atoms with Crippen LogP contribution in [-0.2, 0) is 0 Å². The van der Waals surface area contributed by atoms with Crippen molar-refractivity contribution in [2.75, 3.05) is 5.73 Å². The summed E-state index contributed by atoms with van der Waals surface area (Å²) < 4.78 is 0. The van der Waals surface area contributed by atoms with Gasteiger partial charge in [-0.1, -0.05) is 0 Å². The third kappa shape index (κ3) is 1.26. The zero-order chi connectivity index (χ0) is 11.0. The molecule has 3 aromatic rings. The van der Waals surface area contributed by atoms with Crippen LogP contribution in [0.1, 0.15) is 0 Å². The van der Waals surface area contributed by atoms with Crippen LogP contribution in [0.25, 0.3) is 22.6 Å². The van der Waals surface area contributed by atoms with Crippen molar-refractivity contribution in [1.82, 2.24) is 29.9 Å². The third-order valence-corrected chi connectivity index (χ3v) is 2.15. The average molecular weight is 213 g/mol. The Morgan fingerprint density at radius 1 is 1.06 bits per heavy atom. The number of hydrogen-bond acceptors (Lipinski definition) is 6. The van der Waals surface area contributed by atoms with Crippen LogP contribution in [0.4, 0.5) is 5.82 Å². The molecule has 78 valence electrons. The van der Waals surface area contributed by atoms with E-state index in [1.165, 1.54) is 12.7 Å². The Morgan fingerprint density at radius 3 is 2.62 bits per heavy atom. The summed E-state index contributed by atoms with van der Waals surface area (Å²) >= 11 is 0. The number of H-pyrrole nitrogens is 1. The van der Waals surface area contributed by atoms with Gasteiger partial charge in [-0.2, -0.15) is 0 Å². The Balaban J connectivity index is 2.23. The lowest BCUT2D eigenvalue weighted by Gasteiger charge is -1.92. The van der Waals surface area contributed by atoms with Gasteiger partial charge >= 0.3 is 0 Å². The first kappa shape index (κ1) is 8.72. The lowest BCUT2D eigenvalue weighted by molar-refractivity contribution is 1.15. The largest absolute Gasteiger partial charge is 0.382 e. The van der Waals surface area contributed by atoms with E-state index < -0.39 is 0 Å². The van der Waals surface area contributed by atoms with Crippen molar-refractivity contribution in [3.8, 4) is 11.4 Å². The molecule has 0 atom stereocenters. The van der Waals surface area contributed by atoms with E-state index in [1.807, 2.05) is 0 Å².